The van der Waals surface area contributed by atoms with E-state index >= 15 is 0 Å². The monoisotopic (exact) mass is 312 g/mol. The fourth-order valence-electron chi connectivity index (χ4n) is 2.11. The van der Waals surface area contributed by atoms with Crippen molar-refractivity contribution in [2.45, 2.75) is 19.4 Å². The van der Waals surface area contributed by atoms with Gasteiger partial charge in [0.1, 0.15) is 0 Å². The first-order valence-corrected chi connectivity index (χ1v) is 7.43. The Balaban J connectivity index is 1.98. The Morgan fingerprint density at radius 1 is 1.13 bits per heavy atom. The quantitative estimate of drug-likeness (QED) is 0.758. The zero-order chi connectivity index (χ0) is 16.7. The number of anilines is 1. The first-order chi connectivity index (χ1) is 11.1. The first kappa shape index (κ1) is 16.6. The number of carbonyl (C=O) groups excluding carboxylic acids is 2. The lowest BCUT2D eigenvalue weighted by Gasteiger charge is -2.12. The Morgan fingerprint density at radius 3 is 2.39 bits per heavy atom. The van der Waals surface area contributed by atoms with Gasteiger partial charge in [0.05, 0.1) is 0 Å². The number of hydrogen-bond acceptors (Lipinski definition) is 4. The molecule has 0 spiro atoms. The van der Waals surface area contributed by atoms with Crippen molar-refractivity contribution in [3.63, 3.8) is 0 Å². The summed E-state index contributed by atoms with van der Waals surface area (Å²) in [5.41, 5.74) is 8.03. The van der Waals surface area contributed by atoms with Crippen molar-refractivity contribution in [2.24, 2.45) is 5.73 Å². The number of nitrogens with two attached hydrogens (primary N) is 1. The molecule has 2 aromatic rings. The number of nitrogens with one attached hydrogen (secondary N) is 2. The maximum Gasteiger partial charge on any atom is 0.255 e. The van der Waals surface area contributed by atoms with Crippen LogP contribution in [0.5, 0.6) is 0 Å². The molecule has 0 aliphatic rings. The topological polar surface area (TPSA) is 97.1 Å². The maximum absolute atomic E-state index is 12.1. The van der Waals surface area contributed by atoms with Crippen LogP contribution >= 0.6 is 0 Å². The highest BCUT2D eigenvalue weighted by molar-refractivity contribution is 6.04. The highest BCUT2D eigenvalue weighted by atomic mass is 16.2. The summed E-state index contributed by atoms with van der Waals surface area (Å²) in [5, 5.41) is 5.50. The minimum absolute atomic E-state index is 0.0838. The third-order valence-corrected chi connectivity index (χ3v) is 3.32. The van der Waals surface area contributed by atoms with Gasteiger partial charge in [-0.05, 0) is 36.8 Å². The molecule has 2 rings (SSSR count). The molecule has 1 aromatic heterocycles. The summed E-state index contributed by atoms with van der Waals surface area (Å²) in [4.78, 5) is 27.6. The van der Waals surface area contributed by atoms with Crippen LogP contribution < -0.4 is 16.4 Å². The summed E-state index contributed by atoms with van der Waals surface area (Å²) >= 11 is 0. The molecule has 1 unspecified atom stereocenters. The lowest BCUT2D eigenvalue weighted by Crippen LogP contribution is -2.27. The van der Waals surface area contributed by atoms with Crippen LogP contribution in [0.4, 0.5) is 5.69 Å². The van der Waals surface area contributed by atoms with Crippen LogP contribution in [0.3, 0.4) is 0 Å². The second kappa shape index (κ2) is 8.05. The molecule has 1 atom stereocenters. The number of amides is 2. The van der Waals surface area contributed by atoms with Crippen LogP contribution in [0, 0.1) is 0 Å². The molecule has 0 radical (unpaired) electrons. The Labute approximate surface area is 135 Å². The average molecular weight is 312 g/mol. The second-order valence-electron chi connectivity index (χ2n) is 5.08. The molecule has 0 aliphatic heterocycles. The summed E-state index contributed by atoms with van der Waals surface area (Å²) in [6.07, 6.45) is 3.44. The molecule has 0 fully saturated rings. The van der Waals surface area contributed by atoms with E-state index in [0.29, 0.717) is 17.8 Å². The molecule has 0 saturated heterocycles. The maximum atomic E-state index is 12.1. The van der Waals surface area contributed by atoms with Gasteiger partial charge in [-0.15, -0.1) is 0 Å². The van der Waals surface area contributed by atoms with Crippen molar-refractivity contribution >= 4 is 17.5 Å². The zero-order valence-electron chi connectivity index (χ0n) is 13.0. The summed E-state index contributed by atoms with van der Waals surface area (Å²) < 4.78 is 0. The number of aromatic nitrogens is 1. The van der Waals surface area contributed by atoms with Crippen molar-refractivity contribution in [3.8, 4) is 0 Å². The predicted molar refractivity (Wildman–Crippen MR) is 88.9 cm³/mol. The Kier molecular flexibility index (Phi) is 5.82. The fraction of sp³-hybridized carbons (Fsp3) is 0.235. The molecule has 1 heterocycles. The van der Waals surface area contributed by atoms with Gasteiger partial charge in [0.25, 0.3) is 5.91 Å². The van der Waals surface area contributed by atoms with Crippen LogP contribution in [0.2, 0.25) is 0 Å². The van der Waals surface area contributed by atoms with Gasteiger partial charge in [0.15, 0.2) is 0 Å². The molecule has 23 heavy (non-hydrogen) atoms. The summed E-state index contributed by atoms with van der Waals surface area (Å²) in [7, 11) is 0. The predicted octanol–water partition coefficient (Wildman–Crippen LogP) is 1.86. The Bertz CT molecular complexity index is 656. The van der Waals surface area contributed by atoms with E-state index in [9.17, 15) is 9.59 Å². The summed E-state index contributed by atoms with van der Waals surface area (Å²) in [5.74, 6) is -0.292. The van der Waals surface area contributed by atoms with Crippen molar-refractivity contribution in [2.75, 3.05) is 11.9 Å². The average Bonchev–Trinajstić information content (AvgIpc) is 2.56. The van der Waals surface area contributed by atoms with E-state index in [1.54, 1.807) is 48.8 Å². The van der Waals surface area contributed by atoms with Gasteiger partial charge in [-0.1, -0.05) is 12.1 Å². The number of hydrogen-bond donors (Lipinski definition) is 3. The number of rotatable bonds is 6. The van der Waals surface area contributed by atoms with Gasteiger partial charge >= 0.3 is 0 Å². The van der Waals surface area contributed by atoms with E-state index in [4.69, 9.17) is 5.73 Å². The van der Waals surface area contributed by atoms with Gasteiger partial charge in [0.2, 0.25) is 5.91 Å². The largest absolute Gasteiger partial charge is 0.356 e. The van der Waals surface area contributed by atoms with Gasteiger partial charge < -0.3 is 16.4 Å². The van der Waals surface area contributed by atoms with Crippen LogP contribution in [0.15, 0.2) is 48.8 Å². The number of carbonyl (C=O) groups is 2. The number of nitrogens with zero attached hydrogens (tertiary/aromatic N) is 1. The third-order valence-electron chi connectivity index (χ3n) is 3.32. The number of pyridine rings is 1. The molecule has 0 bridgehead atoms. The van der Waals surface area contributed by atoms with E-state index in [2.05, 4.69) is 15.6 Å². The second-order valence-corrected chi connectivity index (χ2v) is 5.08. The molecule has 120 valence electrons. The van der Waals surface area contributed by atoms with Gasteiger partial charge in [-0.2, -0.15) is 0 Å². The van der Waals surface area contributed by atoms with Gasteiger partial charge in [-0.3, -0.25) is 14.6 Å². The highest BCUT2D eigenvalue weighted by Crippen LogP contribution is 2.16. The van der Waals surface area contributed by atoms with Crippen molar-refractivity contribution in [3.05, 3.63) is 59.9 Å². The molecule has 6 heteroatoms. The van der Waals surface area contributed by atoms with Crippen LogP contribution in [-0.2, 0) is 4.79 Å². The molecule has 0 saturated carbocycles. The molecular formula is C17H20N4O2. The minimum atomic E-state index is -0.390. The van der Waals surface area contributed by atoms with Crippen LogP contribution in [0.25, 0.3) is 0 Å². The molecule has 4 N–H and O–H groups in total. The van der Waals surface area contributed by atoms with Crippen molar-refractivity contribution < 1.29 is 9.59 Å². The Hall–Kier alpha value is -2.73. The standard InChI is InChI=1S/C17H20N4O2/c1-2-20-16(22)11-15(18)12-3-5-13(6-4-12)17(23)21-14-7-9-19-10-8-14/h3-10,15H,2,11,18H2,1H3,(H,20,22)(H,19,21,23). The smallest absolute Gasteiger partial charge is 0.255 e. The first-order valence-electron chi connectivity index (χ1n) is 7.43. The molecule has 0 aliphatic carbocycles. The van der Waals surface area contributed by atoms with Crippen molar-refractivity contribution in [1.29, 1.82) is 0 Å². The summed E-state index contributed by atoms with van der Waals surface area (Å²) in [6, 6.07) is 9.98. The molecule has 6 nitrogen and oxygen atoms in total. The van der Waals surface area contributed by atoms with E-state index in [1.165, 1.54) is 0 Å². The van der Waals surface area contributed by atoms with Gasteiger partial charge in [-0.25, -0.2) is 0 Å². The molecule has 1 aromatic carbocycles. The fourth-order valence-corrected chi connectivity index (χ4v) is 2.11. The van der Waals surface area contributed by atoms with E-state index in [-0.39, 0.29) is 24.3 Å². The lowest BCUT2D eigenvalue weighted by molar-refractivity contribution is -0.121. The lowest BCUT2D eigenvalue weighted by atomic mass is 10.0. The normalized spacial score (nSPS) is 11.6. The number of benzene rings is 1. The van der Waals surface area contributed by atoms with Crippen molar-refractivity contribution in [1.82, 2.24) is 10.3 Å². The minimum Gasteiger partial charge on any atom is -0.356 e. The zero-order valence-corrected chi connectivity index (χ0v) is 13.0. The van der Waals surface area contributed by atoms with E-state index in [0.717, 1.165) is 5.56 Å². The highest BCUT2D eigenvalue weighted by Gasteiger charge is 2.12. The summed E-state index contributed by atoms with van der Waals surface area (Å²) in [6.45, 7) is 2.44. The SMILES string of the molecule is CCNC(=O)CC(N)c1ccc(C(=O)Nc2ccncc2)cc1. The third kappa shape index (κ3) is 4.89. The Morgan fingerprint density at radius 2 is 1.78 bits per heavy atom. The molecular weight excluding hydrogens is 292 g/mol. The van der Waals surface area contributed by atoms with E-state index in [1.807, 2.05) is 6.92 Å². The molecule has 2 amide bonds. The van der Waals surface area contributed by atoms with E-state index < -0.39 is 0 Å². The van der Waals surface area contributed by atoms with Crippen LogP contribution in [0.1, 0.15) is 35.3 Å². The van der Waals surface area contributed by atoms with Gasteiger partial charge in [0, 0.05) is 42.7 Å². The van der Waals surface area contributed by atoms with Crippen LogP contribution in [-0.4, -0.2) is 23.3 Å².